The predicted molar refractivity (Wildman–Crippen MR) is 90.7 cm³/mol. The molecule has 0 spiro atoms. The molecule has 1 aromatic heterocycles. The molecule has 2 aromatic rings. The highest BCUT2D eigenvalue weighted by atomic mass is 79.9. The number of aryl methyl sites for hydroxylation is 2. The SMILES string of the molecule is CCCNc1nc(-c2ccc(Br)cc2C)nc2c1CCC2. The van der Waals surface area contributed by atoms with E-state index in [0.717, 1.165) is 47.5 Å². The van der Waals surface area contributed by atoms with Gasteiger partial charge in [0.15, 0.2) is 5.82 Å². The number of nitrogens with zero attached hydrogens (tertiary/aromatic N) is 2. The van der Waals surface area contributed by atoms with E-state index in [-0.39, 0.29) is 0 Å². The van der Waals surface area contributed by atoms with Crippen LogP contribution in [0.5, 0.6) is 0 Å². The minimum absolute atomic E-state index is 0.847. The van der Waals surface area contributed by atoms with Crippen LogP contribution in [0.3, 0.4) is 0 Å². The minimum atomic E-state index is 0.847. The quantitative estimate of drug-likeness (QED) is 0.884. The lowest BCUT2D eigenvalue weighted by Crippen LogP contribution is -2.08. The van der Waals surface area contributed by atoms with Gasteiger partial charge >= 0.3 is 0 Å². The van der Waals surface area contributed by atoms with Crippen LogP contribution in [0, 0.1) is 6.92 Å². The third kappa shape index (κ3) is 2.95. The molecule has 3 rings (SSSR count). The van der Waals surface area contributed by atoms with Crippen molar-refractivity contribution in [3.05, 3.63) is 39.5 Å². The van der Waals surface area contributed by atoms with Crippen molar-refractivity contribution >= 4 is 21.7 Å². The van der Waals surface area contributed by atoms with Crippen molar-refractivity contribution in [2.75, 3.05) is 11.9 Å². The van der Waals surface area contributed by atoms with Crippen molar-refractivity contribution in [2.24, 2.45) is 0 Å². The van der Waals surface area contributed by atoms with E-state index in [1.54, 1.807) is 0 Å². The Morgan fingerprint density at radius 1 is 1.24 bits per heavy atom. The molecule has 0 fully saturated rings. The zero-order chi connectivity index (χ0) is 14.8. The van der Waals surface area contributed by atoms with Gasteiger partial charge in [0, 0.05) is 27.8 Å². The zero-order valence-corrected chi connectivity index (χ0v) is 14.1. The Morgan fingerprint density at radius 2 is 2.10 bits per heavy atom. The summed E-state index contributed by atoms with van der Waals surface area (Å²) in [5, 5.41) is 3.48. The first-order valence-electron chi connectivity index (χ1n) is 7.59. The van der Waals surface area contributed by atoms with E-state index in [2.05, 4.69) is 53.3 Å². The van der Waals surface area contributed by atoms with Crippen LogP contribution in [0.25, 0.3) is 11.4 Å². The molecule has 1 aliphatic rings. The average Bonchev–Trinajstić information content (AvgIpc) is 2.93. The summed E-state index contributed by atoms with van der Waals surface area (Å²) in [4.78, 5) is 9.62. The Kier molecular flexibility index (Phi) is 4.24. The van der Waals surface area contributed by atoms with Crippen molar-refractivity contribution in [3.8, 4) is 11.4 Å². The van der Waals surface area contributed by atoms with E-state index in [9.17, 15) is 0 Å². The van der Waals surface area contributed by atoms with Gasteiger partial charge in [-0.25, -0.2) is 9.97 Å². The van der Waals surface area contributed by atoms with E-state index in [1.165, 1.54) is 23.2 Å². The summed E-state index contributed by atoms with van der Waals surface area (Å²) in [6, 6.07) is 6.27. The summed E-state index contributed by atoms with van der Waals surface area (Å²) < 4.78 is 1.09. The fourth-order valence-corrected chi connectivity index (χ4v) is 3.30. The van der Waals surface area contributed by atoms with Crippen LogP contribution < -0.4 is 5.32 Å². The summed E-state index contributed by atoms with van der Waals surface area (Å²) in [6.45, 7) is 5.24. The Hall–Kier alpha value is -1.42. The summed E-state index contributed by atoms with van der Waals surface area (Å²) >= 11 is 3.51. The van der Waals surface area contributed by atoms with Gasteiger partial charge in [0.25, 0.3) is 0 Å². The molecule has 0 saturated heterocycles. The number of rotatable bonds is 4. The van der Waals surface area contributed by atoms with Crippen molar-refractivity contribution in [2.45, 2.75) is 39.5 Å². The summed E-state index contributed by atoms with van der Waals surface area (Å²) in [6.07, 6.45) is 4.46. The van der Waals surface area contributed by atoms with Crippen LogP contribution in [0.2, 0.25) is 0 Å². The Morgan fingerprint density at radius 3 is 2.86 bits per heavy atom. The second-order valence-electron chi connectivity index (χ2n) is 5.56. The third-order valence-corrected chi connectivity index (χ3v) is 4.40. The van der Waals surface area contributed by atoms with Crippen molar-refractivity contribution in [3.63, 3.8) is 0 Å². The molecular formula is C17H20BrN3. The highest BCUT2D eigenvalue weighted by molar-refractivity contribution is 9.10. The third-order valence-electron chi connectivity index (χ3n) is 3.90. The number of hydrogen-bond donors (Lipinski definition) is 1. The van der Waals surface area contributed by atoms with Gasteiger partial charge in [0.1, 0.15) is 5.82 Å². The van der Waals surface area contributed by atoms with Gasteiger partial charge in [-0.1, -0.05) is 22.9 Å². The molecule has 1 heterocycles. The number of hydrogen-bond acceptors (Lipinski definition) is 3. The van der Waals surface area contributed by atoms with Gasteiger partial charge in [-0.15, -0.1) is 0 Å². The first-order chi connectivity index (χ1) is 10.2. The number of nitrogens with one attached hydrogen (secondary N) is 1. The highest BCUT2D eigenvalue weighted by Gasteiger charge is 2.20. The Bertz CT molecular complexity index is 667. The first kappa shape index (κ1) is 14.5. The van der Waals surface area contributed by atoms with Crippen molar-refractivity contribution in [1.82, 2.24) is 9.97 Å². The second kappa shape index (κ2) is 6.14. The van der Waals surface area contributed by atoms with Crippen LogP contribution in [0.1, 0.15) is 36.6 Å². The van der Waals surface area contributed by atoms with Crippen LogP contribution in [-0.4, -0.2) is 16.5 Å². The number of anilines is 1. The molecule has 0 amide bonds. The first-order valence-corrected chi connectivity index (χ1v) is 8.38. The maximum atomic E-state index is 4.82. The summed E-state index contributed by atoms with van der Waals surface area (Å²) in [5.74, 6) is 1.89. The lowest BCUT2D eigenvalue weighted by Gasteiger charge is -2.13. The fourth-order valence-electron chi connectivity index (χ4n) is 2.82. The smallest absolute Gasteiger partial charge is 0.162 e. The molecular weight excluding hydrogens is 326 g/mol. The molecule has 3 nitrogen and oxygen atoms in total. The maximum Gasteiger partial charge on any atom is 0.162 e. The maximum absolute atomic E-state index is 4.82. The van der Waals surface area contributed by atoms with Gasteiger partial charge in [0.05, 0.1) is 0 Å². The van der Waals surface area contributed by atoms with Gasteiger partial charge in [-0.2, -0.15) is 0 Å². The molecule has 4 heteroatoms. The molecule has 1 aliphatic carbocycles. The molecule has 0 unspecified atom stereocenters. The zero-order valence-electron chi connectivity index (χ0n) is 12.5. The lowest BCUT2D eigenvalue weighted by atomic mass is 10.1. The molecule has 0 atom stereocenters. The summed E-state index contributed by atoms with van der Waals surface area (Å²) in [5.41, 5.74) is 4.86. The molecule has 0 aliphatic heterocycles. The lowest BCUT2D eigenvalue weighted by molar-refractivity contribution is 0.899. The Labute approximate surface area is 134 Å². The number of halogens is 1. The molecule has 1 N–H and O–H groups in total. The topological polar surface area (TPSA) is 37.8 Å². The monoisotopic (exact) mass is 345 g/mol. The van der Waals surface area contributed by atoms with Crippen LogP contribution in [0.15, 0.2) is 22.7 Å². The van der Waals surface area contributed by atoms with E-state index in [1.807, 2.05) is 0 Å². The molecule has 21 heavy (non-hydrogen) atoms. The number of benzene rings is 1. The van der Waals surface area contributed by atoms with Gasteiger partial charge in [-0.05, 0) is 56.4 Å². The van der Waals surface area contributed by atoms with Crippen molar-refractivity contribution in [1.29, 1.82) is 0 Å². The minimum Gasteiger partial charge on any atom is -0.370 e. The average molecular weight is 346 g/mol. The van der Waals surface area contributed by atoms with Gasteiger partial charge < -0.3 is 5.32 Å². The molecule has 1 aromatic carbocycles. The molecule has 0 bridgehead atoms. The fraction of sp³-hybridized carbons (Fsp3) is 0.412. The largest absolute Gasteiger partial charge is 0.370 e. The van der Waals surface area contributed by atoms with Crippen LogP contribution >= 0.6 is 15.9 Å². The Balaban J connectivity index is 2.06. The van der Waals surface area contributed by atoms with Crippen LogP contribution in [-0.2, 0) is 12.8 Å². The van der Waals surface area contributed by atoms with Crippen molar-refractivity contribution < 1.29 is 0 Å². The van der Waals surface area contributed by atoms with E-state index >= 15 is 0 Å². The standard InChI is InChI=1S/C17H20BrN3/c1-3-9-19-16-14-5-4-6-15(14)20-17(21-16)13-8-7-12(18)10-11(13)2/h7-8,10H,3-6,9H2,1-2H3,(H,19,20,21). The number of fused-ring (bicyclic) bond motifs is 1. The van der Waals surface area contributed by atoms with E-state index < -0.39 is 0 Å². The molecule has 110 valence electrons. The van der Waals surface area contributed by atoms with Gasteiger partial charge in [-0.3, -0.25) is 0 Å². The molecule has 0 radical (unpaired) electrons. The van der Waals surface area contributed by atoms with Crippen LogP contribution in [0.4, 0.5) is 5.82 Å². The normalized spacial score (nSPS) is 13.3. The van der Waals surface area contributed by atoms with Gasteiger partial charge in [0.2, 0.25) is 0 Å². The van der Waals surface area contributed by atoms with E-state index in [0.29, 0.717) is 0 Å². The molecule has 0 saturated carbocycles. The number of aromatic nitrogens is 2. The van der Waals surface area contributed by atoms with E-state index in [4.69, 9.17) is 9.97 Å². The second-order valence-corrected chi connectivity index (χ2v) is 6.48. The predicted octanol–water partition coefficient (Wildman–Crippen LogP) is 4.53. The highest BCUT2D eigenvalue weighted by Crippen LogP contribution is 2.31. The summed E-state index contributed by atoms with van der Waals surface area (Å²) in [7, 11) is 0.